The van der Waals surface area contributed by atoms with E-state index in [0.717, 1.165) is 5.69 Å². The van der Waals surface area contributed by atoms with Gasteiger partial charge in [-0.1, -0.05) is 54.5 Å². The molecule has 0 aliphatic heterocycles. The summed E-state index contributed by atoms with van der Waals surface area (Å²) < 4.78 is 18.3. The fourth-order valence-corrected chi connectivity index (χ4v) is 2.64. The Morgan fingerprint density at radius 1 is 1.16 bits per heavy atom. The minimum Gasteiger partial charge on any atom is -0.351 e. The molecule has 0 saturated heterocycles. The van der Waals surface area contributed by atoms with Crippen molar-refractivity contribution in [3.63, 3.8) is 0 Å². The first-order valence-corrected chi connectivity index (χ1v) is 8.15. The Morgan fingerprint density at radius 2 is 1.96 bits per heavy atom. The minimum absolute atomic E-state index is 0.159. The van der Waals surface area contributed by atoms with Gasteiger partial charge in [0.15, 0.2) is 0 Å². The fraction of sp³-hybridized carbons (Fsp3) is 0.200. The second-order valence-electron chi connectivity index (χ2n) is 6.01. The van der Waals surface area contributed by atoms with Crippen LogP contribution in [0.2, 0.25) is 0 Å². The van der Waals surface area contributed by atoms with E-state index in [1.165, 1.54) is 17.7 Å². The average molecular weight is 338 g/mol. The maximum absolute atomic E-state index is 13.1. The molecule has 2 aromatic carbocycles. The van der Waals surface area contributed by atoms with Gasteiger partial charge in [0.25, 0.3) is 5.91 Å². The molecule has 1 aromatic heterocycles. The molecule has 4 nitrogen and oxygen atoms in total. The number of rotatable bonds is 6. The van der Waals surface area contributed by atoms with Crippen molar-refractivity contribution in [3.05, 3.63) is 89.1 Å². The van der Waals surface area contributed by atoms with Crippen LogP contribution in [0.3, 0.4) is 0 Å². The van der Waals surface area contributed by atoms with E-state index in [9.17, 15) is 9.18 Å². The smallest absolute Gasteiger partial charge is 0.290 e. The van der Waals surface area contributed by atoms with Crippen molar-refractivity contribution in [2.75, 3.05) is 0 Å². The van der Waals surface area contributed by atoms with E-state index in [1.807, 2.05) is 18.2 Å². The van der Waals surface area contributed by atoms with Crippen LogP contribution in [0.15, 0.2) is 65.2 Å². The van der Waals surface area contributed by atoms with Gasteiger partial charge < -0.3 is 9.84 Å². The number of benzene rings is 2. The number of hydrogen-bond acceptors (Lipinski definition) is 3. The molecule has 3 rings (SSSR count). The van der Waals surface area contributed by atoms with Gasteiger partial charge in [-0.15, -0.1) is 0 Å². The van der Waals surface area contributed by atoms with Crippen LogP contribution in [0.25, 0.3) is 0 Å². The Labute approximate surface area is 145 Å². The summed E-state index contributed by atoms with van der Waals surface area (Å²) >= 11 is 0. The lowest BCUT2D eigenvalue weighted by Crippen LogP contribution is -2.22. The van der Waals surface area contributed by atoms with Crippen molar-refractivity contribution in [1.29, 1.82) is 0 Å². The zero-order chi connectivity index (χ0) is 17.6. The Kier molecular flexibility index (Phi) is 5.23. The highest BCUT2D eigenvalue weighted by atomic mass is 19.1. The molecular weight excluding hydrogens is 319 g/mol. The summed E-state index contributed by atoms with van der Waals surface area (Å²) in [5, 5.41) is 6.68. The van der Waals surface area contributed by atoms with Crippen molar-refractivity contribution in [2.45, 2.75) is 25.8 Å². The normalized spacial score (nSPS) is 11.9. The Bertz CT molecular complexity index is 846. The van der Waals surface area contributed by atoms with E-state index >= 15 is 0 Å². The van der Waals surface area contributed by atoms with Gasteiger partial charge in [0.2, 0.25) is 5.76 Å². The van der Waals surface area contributed by atoms with Gasteiger partial charge in [-0.05, 0) is 35.6 Å². The summed E-state index contributed by atoms with van der Waals surface area (Å²) in [6, 6.07) is 17.9. The van der Waals surface area contributed by atoms with Crippen molar-refractivity contribution in [3.8, 4) is 0 Å². The third-order valence-electron chi connectivity index (χ3n) is 4.01. The lowest BCUT2D eigenvalue weighted by molar-refractivity contribution is 0.0914. The average Bonchev–Trinajstić information content (AvgIpc) is 3.09. The Balaban J connectivity index is 1.58. The maximum atomic E-state index is 13.1. The molecule has 25 heavy (non-hydrogen) atoms. The van der Waals surface area contributed by atoms with Crippen LogP contribution in [0.1, 0.15) is 40.2 Å². The largest absolute Gasteiger partial charge is 0.351 e. The summed E-state index contributed by atoms with van der Waals surface area (Å²) in [6.45, 7) is 2.33. The molecule has 1 atom stereocenters. The summed E-state index contributed by atoms with van der Waals surface area (Å²) in [7, 11) is 0. The lowest BCUT2D eigenvalue weighted by atomic mass is 9.96. The standard InChI is InChI=1S/C20H19FN2O2/c1-14(16-7-3-2-4-8-16)10-18-12-19(25-23-18)20(24)22-13-15-6-5-9-17(21)11-15/h2-9,11-12,14H,10,13H2,1H3,(H,22,24)/t14-/m0/s1. The number of amides is 1. The third kappa shape index (κ3) is 4.53. The van der Waals surface area contributed by atoms with Crippen molar-refractivity contribution in [2.24, 2.45) is 0 Å². The molecule has 0 spiro atoms. The molecule has 3 aromatic rings. The van der Waals surface area contributed by atoms with Crippen LogP contribution in [0.5, 0.6) is 0 Å². The van der Waals surface area contributed by atoms with Gasteiger partial charge in [-0.3, -0.25) is 4.79 Å². The van der Waals surface area contributed by atoms with Crippen LogP contribution in [0.4, 0.5) is 4.39 Å². The number of carbonyl (C=O) groups excluding carboxylic acids is 1. The van der Waals surface area contributed by atoms with Crippen LogP contribution < -0.4 is 5.32 Å². The number of halogens is 1. The Morgan fingerprint density at radius 3 is 2.72 bits per heavy atom. The van der Waals surface area contributed by atoms with E-state index < -0.39 is 0 Å². The molecule has 0 fully saturated rings. The first-order valence-electron chi connectivity index (χ1n) is 8.15. The maximum Gasteiger partial charge on any atom is 0.290 e. The van der Waals surface area contributed by atoms with Crippen LogP contribution >= 0.6 is 0 Å². The zero-order valence-electron chi connectivity index (χ0n) is 13.9. The summed E-state index contributed by atoms with van der Waals surface area (Å²) in [6.07, 6.45) is 0.685. The third-order valence-corrected chi connectivity index (χ3v) is 4.01. The van der Waals surface area contributed by atoms with E-state index in [-0.39, 0.29) is 29.9 Å². The van der Waals surface area contributed by atoms with Crippen LogP contribution in [0, 0.1) is 5.82 Å². The van der Waals surface area contributed by atoms with Crippen molar-refractivity contribution >= 4 is 5.91 Å². The number of nitrogens with one attached hydrogen (secondary N) is 1. The summed E-state index contributed by atoms with van der Waals surface area (Å²) in [5.41, 5.74) is 2.63. The first-order chi connectivity index (χ1) is 12.1. The van der Waals surface area contributed by atoms with Crippen LogP contribution in [-0.2, 0) is 13.0 Å². The van der Waals surface area contributed by atoms with E-state index in [4.69, 9.17) is 4.52 Å². The van der Waals surface area contributed by atoms with Gasteiger partial charge in [-0.2, -0.15) is 0 Å². The summed E-state index contributed by atoms with van der Waals surface area (Å²) in [5.74, 6) is -0.264. The second-order valence-corrected chi connectivity index (χ2v) is 6.01. The molecular formula is C20H19FN2O2. The monoisotopic (exact) mass is 338 g/mol. The Hall–Kier alpha value is -2.95. The van der Waals surface area contributed by atoms with E-state index in [2.05, 4.69) is 29.5 Å². The SMILES string of the molecule is C[C@@H](Cc1cc(C(=O)NCc2cccc(F)c2)on1)c1ccccc1. The molecule has 0 aliphatic rings. The predicted molar refractivity (Wildman–Crippen MR) is 92.6 cm³/mol. The lowest BCUT2D eigenvalue weighted by Gasteiger charge is -2.08. The van der Waals surface area contributed by atoms with Crippen molar-refractivity contribution < 1.29 is 13.7 Å². The van der Waals surface area contributed by atoms with E-state index in [1.54, 1.807) is 18.2 Å². The molecule has 0 aliphatic carbocycles. The highest BCUT2D eigenvalue weighted by Crippen LogP contribution is 2.20. The topological polar surface area (TPSA) is 55.1 Å². The number of aromatic nitrogens is 1. The predicted octanol–water partition coefficient (Wildman–Crippen LogP) is 4.09. The molecule has 5 heteroatoms. The first kappa shape index (κ1) is 16.9. The molecule has 1 heterocycles. The quantitative estimate of drug-likeness (QED) is 0.736. The zero-order valence-corrected chi connectivity index (χ0v) is 13.9. The highest BCUT2D eigenvalue weighted by molar-refractivity contribution is 5.91. The minimum atomic E-state index is -0.365. The molecule has 0 saturated carbocycles. The van der Waals surface area contributed by atoms with Gasteiger partial charge in [0, 0.05) is 12.6 Å². The van der Waals surface area contributed by atoms with Crippen LogP contribution in [-0.4, -0.2) is 11.1 Å². The van der Waals surface area contributed by atoms with Gasteiger partial charge >= 0.3 is 0 Å². The molecule has 1 amide bonds. The number of carbonyl (C=O) groups is 1. The van der Waals surface area contributed by atoms with Gasteiger partial charge in [0.1, 0.15) is 5.82 Å². The summed E-state index contributed by atoms with van der Waals surface area (Å²) in [4.78, 5) is 12.1. The number of nitrogens with zero attached hydrogens (tertiary/aromatic N) is 1. The highest BCUT2D eigenvalue weighted by Gasteiger charge is 2.15. The van der Waals surface area contributed by atoms with Crippen molar-refractivity contribution in [1.82, 2.24) is 10.5 Å². The van der Waals surface area contributed by atoms with Gasteiger partial charge in [-0.25, -0.2) is 4.39 Å². The molecule has 0 radical (unpaired) electrons. The fourth-order valence-electron chi connectivity index (χ4n) is 2.64. The van der Waals surface area contributed by atoms with Gasteiger partial charge in [0.05, 0.1) is 5.69 Å². The van der Waals surface area contributed by atoms with E-state index in [0.29, 0.717) is 12.0 Å². The molecule has 128 valence electrons. The second kappa shape index (κ2) is 7.75. The molecule has 1 N–H and O–H groups in total. The molecule has 0 bridgehead atoms. The number of hydrogen-bond donors (Lipinski definition) is 1. The molecule has 0 unspecified atom stereocenters.